The van der Waals surface area contributed by atoms with E-state index in [0.717, 1.165) is 10.5 Å². The number of nitrogens with one attached hydrogen (secondary N) is 1. The maximum Gasteiger partial charge on any atom is 0.319 e. The second-order valence-corrected chi connectivity index (χ2v) is 6.93. The lowest BCUT2D eigenvalue weighted by atomic mass is 10.2. The maximum atomic E-state index is 11.9. The van der Waals surface area contributed by atoms with Crippen LogP contribution in [-0.2, 0) is 20.9 Å². The molecule has 0 aliphatic rings. The molecule has 2 rings (SSSR count). The van der Waals surface area contributed by atoms with Gasteiger partial charge in [-0.05, 0) is 36.8 Å². The van der Waals surface area contributed by atoms with Gasteiger partial charge in [-0.15, -0.1) is 11.8 Å². The molecule has 0 saturated heterocycles. The first-order chi connectivity index (χ1) is 11.5. The normalized spacial score (nSPS) is 11.6. The van der Waals surface area contributed by atoms with E-state index in [0.29, 0.717) is 11.6 Å². The smallest absolute Gasteiger partial charge is 0.319 e. The quantitative estimate of drug-likeness (QED) is 0.602. The fourth-order valence-electron chi connectivity index (χ4n) is 1.87. The van der Waals surface area contributed by atoms with Gasteiger partial charge in [-0.25, -0.2) is 0 Å². The Morgan fingerprint density at radius 2 is 1.79 bits per heavy atom. The lowest BCUT2D eigenvalue weighted by molar-refractivity contribution is -0.147. The standard InChI is InChI=1S/C18H18ClNO3S/c1-13(24-16-9-7-15(19)8-10-16)18(22)23-12-17(21)20-11-14-5-3-2-4-6-14/h2-10,13H,11-12H2,1H3,(H,20,21)/t13-/m0/s1. The molecular weight excluding hydrogens is 346 g/mol. The van der Waals surface area contributed by atoms with E-state index < -0.39 is 11.2 Å². The Labute approximate surface area is 150 Å². The van der Waals surface area contributed by atoms with Crippen molar-refractivity contribution in [3.63, 3.8) is 0 Å². The van der Waals surface area contributed by atoms with Crippen LogP contribution in [-0.4, -0.2) is 23.7 Å². The molecule has 6 heteroatoms. The van der Waals surface area contributed by atoms with Gasteiger partial charge in [0.15, 0.2) is 6.61 Å². The zero-order chi connectivity index (χ0) is 17.4. The molecule has 0 spiro atoms. The molecule has 0 aromatic heterocycles. The lowest BCUT2D eigenvalue weighted by Crippen LogP contribution is -2.30. The van der Waals surface area contributed by atoms with Gasteiger partial charge in [-0.3, -0.25) is 9.59 Å². The summed E-state index contributed by atoms with van der Waals surface area (Å²) in [4.78, 5) is 24.6. The van der Waals surface area contributed by atoms with Crippen LogP contribution in [0.1, 0.15) is 12.5 Å². The van der Waals surface area contributed by atoms with E-state index >= 15 is 0 Å². The van der Waals surface area contributed by atoms with Gasteiger partial charge in [0.25, 0.3) is 5.91 Å². The highest BCUT2D eigenvalue weighted by molar-refractivity contribution is 8.00. The summed E-state index contributed by atoms with van der Waals surface area (Å²) in [5.74, 6) is -0.749. The van der Waals surface area contributed by atoms with E-state index in [9.17, 15) is 9.59 Å². The van der Waals surface area contributed by atoms with Crippen molar-refractivity contribution < 1.29 is 14.3 Å². The number of halogens is 1. The Hall–Kier alpha value is -1.98. The van der Waals surface area contributed by atoms with Crippen molar-refractivity contribution in [3.05, 3.63) is 65.2 Å². The molecular formula is C18H18ClNO3S. The van der Waals surface area contributed by atoms with E-state index in [2.05, 4.69) is 5.32 Å². The predicted molar refractivity (Wildman–Crippen MR) is 96.0 cm³/mol. The van der Waals surface area contributed by atoms with Gasteiger partial charge >= 0.3 is 5.97 Å². The van der Waals surface area contributed by atoms with Crippen LogP contribution in [0.2, 0.25) is 5.02 Å². The summed E-state index contributed by atoms with van der Waals surface area (Å²) >= 11 is 7.18. The predicted octanol–water partition coefficient (Wildman–Crippen LogP) is 3.68. The van der Waals surface area contributed by atoms with Crippen LogP contribution in [0.25, 0.3) is 0 Å². The van der Waals surface area contributed by atoms with E-state index in [1.165, 1.54) is 11.8 Å². The van der Waals surface area contributed by atoms with Crippen molar-refractivity contribution >= 4 is 35.2 Å². The molecule has 1 atom stereocenters. The molecule has 1 amide bonds. The second kappa shape index (κ2) is 9.35. The number of carbonyl (C=O) groups excluding carboxylic acids is 2. The van der Waals surface area contributed by atoms with Crippen molar-refractivity contribution in [2.45, 2.75) is 23.6 Å². The third-order valence-corrected chi connectivity index (χ3v) is 4.48. The SMILES string of the molecule is C[C@H](Sc1ccc(Cl)cc1)C(=O)OCC(=O)NCc1ccccc1. The Morgan fingerprint density at radius 1 is 1.12 bits per heavy atom. The Kier molecular flexibility index (Phi) is 7.15. The summed E-state index contributed by atoms with van der Waals surface area (Å²) in [5, 5.41) is 2.95. The van der Waals surface area contributed by atoms with Crippen LogP contribution in [0.5, 0.6) is 0 Å². The van der Waals surface area contributed by atoms with Crippen LogP contribution < -0.4 is 5.32 Å². The van der Waals surface area contributed by atoms with E-state index in [-0.39, 0.29) is 12.5 Å². The summed E-state index contributed by atoms with van der Waals surface area (Å²) in [5.41, 5.74) is 0.990. The number of thioether (sulfide) groups is 1. The minimum absolute atomic E-state index is 0.281. The van der Waals surface area contributed by atoms with Gasteiger partial charge in [0.05, 0.1) is 0 Å². The molecule has 1 N–H and O–H groups in total. The average Bonchev–Trinajstić information content (AvgIpc) is 2.60. The molecule has 2 aromatic carbocycles. The maximum absolute atomic E-state index is 11.9. The van der Waals surface area contributed by atoms with Crippen LogP contribution >= 0.6 is 23.4 Å². The summed E-state index contributed by atoms with van der Waals surface area (Å²) in [6.07, 6.45) is 0. The zero-order valence-electron chi connectivity index (χ0n) is 13.2. The molecule has 0 heterocycles. The molecule has 126 valence electrons. The highest BCUT2D eigenvalue weighted by Crippen LogP contribution is 2.25. The molecule has 0 bridgehead atoms. The Balaban J connectivity index is 1.71. The van der Waals surface area contributed by atoms with Gasteiger partial charge in [0, 0.05) is 16.5 Å². The first-order valence-electron chi connectivity index (χ1n) is 7.44. The van der Waals surface area contributed by atoms with E-state index in [4.69, 9.17) is 16.3 Å². The van der Waals surface area contributed by atoms with E-state index in [1.807, 2.05) is 42.5 Å². The van der Waals surface area contributed by atoms with Crippen molar-refractivity contribution in [3.8, 4) is 0 Å². The zero-order valence-corrected chi connectivity index (χ0v) is 14.8. The fourth-order valence-corrected chi connectivity index (χ4v) is 2.86. The molecule has 0 unspecified atom stereocenters. The summed E-state index contributed by atoms with van der Waals surface area (Å²) in [6.45, 7) is 1.87. The minimum Gasteiger partial charge on any atom is -0.455 e. The van der Waals surface area contributed by atoms with Crippen LogP contribution in [0, 0.1) is 0 Å². The fraction of sp³-hybridized carbons (Fsp3) is 0.222. The molecule has 0 saturated carbocycles. The Morgan fingerprint density at radius 3 is 2.46 bits per heavy atom. The van der Waals surface area contributed by atoms with Crippen molar-refractivity contribution in [1.82, 2.24) is 5.32 Å². The van der Waals surface area contributed by atoms with Gasteiger partial charge in [0.1, 0.15) is 5.25 Å². The number of amides is 1. The molecule has 4 nitrogen and oxygen atoms in total. The number of rotatable bonds is 7. The summed E-state index contributed by atoms with van der Waals surface area (Å²) in [7, 11) is 0. The van der Waals surface area contributed by atoms with Crippen LogP contribution in [0.3, 0.4) is 0 Å². The number of carbonyl (C=O) groups is 2. The van der Waals surface area contributed by atoms with Gasteiger partial charge in [-0.2, -0.15) is 0 Å². The summed E-state index contributed by atoms with van der Waals surface area (Å²) in [6, 6.07) is 16.7. The molecule has 0 fully saturated rings. The highest BCUT2D eigenvalue weighted by Gasteiger charge is 2.17. The molecule has 0 aliphatic carbocycles. The second-order valence-electron chi connectivity index (χ2n) is 5.08. The molecule has 24 heavy (non-hydrogen) atoms. The number of hydrogen-bond acceptors (Lipinski definition) is 4. The molecule has 0 radical (unpaired) electrons. The van der Waals surface area contributed by atoms with Gasteiger partial charge in [-0.1, -0.05) is 41.9 Å². The molecule has 0 aliphatic heterocycles. The van der Waals surface area contributed by atoms with Crippen LogP contribution in [0.4, 0.5) is 0 Å². The first kappa shape index (κ1) is 18.4. The molecule has 2 aromatic rings. The monoisotopic (exact) mass is 363 g/mol. The Bertz CT molecular complexity index is 676. The number of benzene rings is 2. The van der Waals surface area contributed by atoms with Crippen molar-refractivity contribution in [2.24, 2.45) is 0 Å². The number of hydrogen-bond donors (Lipinski definition) is 1. The van der Waals surface area contributed by atoms with Crippen LogP contribution in [0.15, 0.2) is 59.5 Å². The summed E-state index contributed by atoms with van der Waals surface area (Å²) < 4.78 is 5.05. The average molecular weight is 364 g/mol. The topological polar surface area (TPSA) is 55.4 Å². The largest absolute Gasteiger partial charge is 0.455 e. The number of esters is 1. The van der Waals surface area contributed by atoms with Gasteiger partial charge in [0.2, 0.25) is 0 Å². The van der Waals surface area contributed by atoms with Crippen molar-refractivity contribution in [1.29, 1.82) is 0 Å². The highest BCUT2D eigenvalue weighted by atomic mass is 35.5. The van der Waals surface area contributed by atoms with Gasteiger partial charge < -0.3 is 10.1 Å². The third kappa shape index (κ3) is 6.26. The third-order valence-electron chi connectivity index (χ3n) is 3.14. The first-order valence-corrected chi connectivity index (χ1v) is 8.70. The van der Waals surface area contributed by atoms with E-state index in [1.54, 1.807) is 19.1 Å². The van der Waals surface area contributed by atoms with Crippen molar-refractivity contribution in [2.75, 3.05) is 6.61 Å². The lowest BCUT2D eigenvalue weighted by Gasteiger charge is -2.11. The minimum atomic E-state index is -0.426. The number of ether oxygens (including phenoxy) is 1.